The number of phenolic OH excluding ortho intramolecular Hbond substituents is 1. The fourth-order valence-electron chi connectivity index (χ4n) is 4.26. The smallest absolute Gasteiger partial charge is 0.224 e. The van der Waals surface area contributed by atoms with Crippen molar-refractivity contribution < 1.29 is 14.6 Å². The van der Waals surface area contributed by atoms with Gasteiger partial charge in [-0.25, -0.2) is 0 Å². The monoisotopic (exact) mass is 469 g/mol. The summed E-state index contributed by atoms with van der Waals surface area (Å²) in [5, 5.41) is 9.39. The van der Waals surface area contributed by atoms with E-state index in [1.807, 2.05) is 4.57 Å². The van der Waals surface area contributed by atoms with Gasteiger partial charge in [-0.1, -0.05) is 103 Å². The molecule has 1 aromatic carbocycles. The molecule has 188 valence electrons. The second-order valence-electron chi connectivity index (χ2n) is 9.26. The van der Waals surface area contributed by atoms with Gasteiger partial charge in [-0.05, 0) is 24.1 Å². The minimum atomic E-state index is -0.293. The Morgan fingerprint density at radius 2 is 1.32 bits per heavy atom. The highest BCUT2D eigenvalue weighted by molar-refractivity contribution is 5.76. The molecule has 0 amide bonds. The zero-order valence-electron chi connectivity index (χ0n) is 21.0. The number of aldehydes is 1. The van der Waals surface area contributed by atoms with E-state index in [4.69, 9.17) is 4.74 Å². The van der Waals surface area contributed by atoms with Crippen LogP contribution in [0.15, 0.2) is 41.3 Å². The number of aromatic hydroxyl groups is 1. The van der Waals surface area contributed by atoms with E-state index in [0.717, 1.165) is 18.4 Å². The Morgan fingerprint density at radius 1 is 0.794 bits per heavy atom. The number of unbranched alkanes of at least 4 members (excludes halogenated alkanes) is 13. The number of pyridine rings is 1. The normalized spacial score (nSPS) is 11.0. The third kappa shape index (κ3) is 10.6. The number of aromatic nitrogens is 1. The minimum Gasteiger partial charge on any atom is -0.508 e. The number of hydrogen-bond donors (Lipinski definition) is 1. The summed E-state index contributed by atoms with van der Waals surface area (Å²) in [7, 11) is 0. The maximum absolute atomic E-state index is 12.3. The van der Waals surface area contributed by atoms with Crippen LogP contribution in [0.25, 0.3) is 0 Å². The molecular weight excluding hydrogens is 426 g/mol. The standard InChI is InChI=1S/C29H43NO4/c1-2-3-4-5-6-7-8-9-10-11-12-13-14-15-21-30-22-20-28(33)29(27(30)23-31)34-24-25-16-18-26(32)19-17-25/h16-20,22-23,32H,2-15,21,24H2,1H3. The Bertz CT molecular complexity index is 873. The minimum absolute atomic E-state index is 0.0935. The molecule has 2 rings (SSSR count). The number of aryl methyl sites for hydroxylation is 1. The summed E-state index contributed by atoms with van der Waals surface area (Å²) >= 11 is 0. The maximum atomic E-state index is 12.3. The van der Waals surface area contributed by atoms with Crippen molar-refractivity contribution in [3.63, 3.8) is 0 Å². The lowest BCUT2D eigenvalue weighted by Crippen LogP contribution is -2.16. The molecule has 0 aliphatic rings. The zero-order chi connectivity index (χ0) is 24.4. The van der Waals surface area contributed by atoms with Gasteiger partial charge in [-0.3, -0.25) is 9.59 Å². The van der Waals surface area contributed by atoms with Crippen LogP contribution in [0.3, 0.4) is 0 Å². The van der Waals surface area contributed by atoms with E-state index in [2.05, 4.69) is 6.92 Å². The number of carbonyl (C=O) groups excluding carboxylic acids is 1. The van der Waals surface area contributed by atoms with Crippen LogP contribution < -0.4 is 10.2 Å². The van der Waals surface area contributed by atoms with Gasteiger partial charge in [0.05, 0.1) is 0 Å². The highest BCUT2D eigenvalue weighted by Gasteiger charge is 2.12. The Morgan fingerprint density at radius 3 is 1.85 bits per heavy atom. The number of hydrogen-bond acceptors (Lipinski definition) is 4. The number of rotatable bonds is 19. The van der Waals surface area contributed by atoms with Gasteiger partial charge < -0.3 is 14.4 Å². The van der Waals surface area contributed by atoms with E-state index < -0.39 is 0 Å². The molecule has 5 nitrogen and oxygen atoms in total. The molecule has 0 saturated heterocycles. The average molecular weight is 470 g/mol. The quantitative estimate of drug-likeness (QED) is 0.172. The van der Waals surface area contributed by atoms with E-state index in [1.165, 1.54) is 83.1 Å². The van der Waals surface area contributed by atoms with Gasteiger partial charge in [0.2, 0.25) is 5.43 Å². The van der Waals surface area contributed by atoms with Crippen molar-refractivity contribution in [2.24, 2.45) is 0 Å². The number of benzene rings is 1. The van der Waals surface area contributed by atoms with Crippen molar-refractivity contribution >= 4 is 6.29 Å². The summed E-state index contributed by atoms with van der Waals surface area (Å²) in [6, 6.07) is 8.05. The van der Waals surface area contributed by atoms with Crippen molar-refractivity contribution in [2.45, 2.75) is 110 Å². The van der Waals surface area contributed by atoms with Crippen molar-refractivity contribution in [3.8, 4) is 11.5 Å². The van der Waals surface area contributed by atoms with Crippen LogP contribution in [-0.4, -0.2) is 16.0 Å². The summed E-state index contributed by atoms with van der Waals surface area (Å²) in [5.41, 5.74) is 0.815. The molecule has 0 aliphatic carbocycles. The van der Waals surface area contributed by atoms with Gasteiger partial charge in [0, 0.05) is 18.8 Å². The Kier molecular flexibility index (Phi) is 13.8. The lowest BCUT2D eigenvalue weighted by Gasteiger charge is -2.14. The van der Waals surface area contributed by atoms with Gasteiger partial charge in [-0.15, -0.1) is 0 Å². The van der Waals surface area contributed by atoms with Crippen LogP contribution >= 0.6 is 0 Å². The SMILES string of the molecule is CCCCCCCCCCCCCCCCn1ccc(=O)c(OCc2ccc(O)cc2)c1C=O. The van der Waals surface area contributed by atoms with Crippen LogP contribution in [0.1, 0.15) is 113 Å². The largest absolute Gasteiger partial charge is 0.508 e. The van der Waals surface area contributed by atoms with E-state index in [-0.39, 0.29) is 23.5 Å². The Balaban J connectivity index is 1.64. The molecule has 5 heteroatoms. The average Bonchev–Trinajstić information content (AvgIpc) is 2.85. The zero-order valence-corrected chi connectivity index (χ0v) is 21.0. The molecule has 0 unspecified atom stereocenters. The van der Waals surface area contributed by atoms with Crippen LogP contribution in [0.5, 0.6) is 11.5 Å². The molecular formula is C29H43NO4. The summed E-state index contributed by atoms with van der Waals surface area (Å²) in [4.78, 5) is 24.0. The molecule has 0 bridgehead atoms. The molecule has 0 saturated carbocycles. The van der Waals surface area contributed by atoms with E-state index >= 15 is 0 Å². The summed E-state index contributed by atoms with van der Waals surface area (Å²) < 4.78 is 7.52. The third-order valence-electron chi connectivity index (χ3n) is 6.36. The van der Waals surface area contributed by atoms with Gasteiger partial charge in [0.15, 0.2) is 12.0 Å². The lowest BCUT2D eigenvalue weighted by atomic mass is 10.0. The highest BCUT2D eigenvalue weighted by Crippen LogP contribution is 2.17. The first-order valence-corrected chi connectivity index (χ1v) is 13.2. The number of carbonyl (C=O) groups is 1. The Hall–Kier alpha value is -2.56. The third-order valence-corrected chi connectivity index (χ3v) is 6.36. The van der Waals surface area contributed by atoms with Crippen molar-refractivity contribution in [3.05, 3.63) is 58.0 Å². The summed E-state index contributed by atoms with van der Waals surface area (Å²) in [6.07, 6.45) is 20.6. The van der Waals surface area contributed by atoms with Gasteiger partial charge >= 0.3 is 0 Å². The molecule has 0 spiro atoms. The summed E-state index contributed by atoms with van der Waals surface area (Å²) in [5.74, 6) is 0.267. The second-order valence-corrected chi connectivity index (χ2v) is 9.26. The van der Waals surface area contributed by atoms with Crippen LogP contribution in [-0.2, 0) is 13.2 Å². The first-order valence-electron chi connectivity index (χ1n) is 13.2. The van der Waals surface area contributed by atoms with E-state index in [0.29, 0.717) is 18.5 Å². The van der Waals surface area contributed by atoms with E-state index in [1.54, 1.807) is 30.5 Å². The number of nitrogens with zero attached hydrogens (tertiary/aromatic N) is 1. The first kappa shape index (κ1) is 27.7. The van der Waals surface area contributed by atoms with Crippen LogP contribution in [0.4, 0.5) is 0 Å². The second kappa shape index (κ2) is 17.0. The van der Waals surface area contributed by atoms with Crippen molar-refractivity contribution in [1.29, 1.82) is 0 Å². The Labute approximate surface area is 205 Å². The first-order chi connectivity index (χ1) is 16.7. The van der Waals surface area contributed by atoms with Crippen LogP contribution in [0, 0.1) is 0 Å². The number of ether oxygens (including phenoxy) is 1. The van der Waals surface area contributed by atoms with Crippen molar-refractivity contribution in [2.75, 3.05) is 0 Å². The predicted molar refractivity (Wildman–Crippen MR) is 139 cm³/mol. The predicted octanol–water partition coefficient (Wildman–Crippen LogP) is 7.43. The van der Waals surface area contributed by atoms with Gasteiger partial charge in [0.25, 0.3) is 0 Å². The lowest BCUT2D eigenvalue weighted by molar-refractivity contribution is 0.110. The topological polar surface area (TPSA) is 68.5 Å². The van der Waals surface area contributed by atoms with E-state index in [9.17, 15) is 14.7 Å². The summed E-state index contributed by atoms with van der Waals surface area (Å²) in [6.45, 7) is 3.13. The molecule has 1 aromatic heterocycles. The fourth-order valence-corrected chi connectivity index (χ4v) is 4.26. The van der Waals surface area contributed by atoms with Crippen molar-refractivity contribution in [1.82, 2.24) is 4.57 Å². The molecule has 2 aromatic rings. The molecule has 1 N–H and O–H groups in total. The van der Waals surface area contributed by atoms with Gasteiger partial charge in [0.1, 0.15) is 18.1 Å². The molecule has 0 fully saturated rings. The molecule has 0 atom stereocenters. The van der Waals surface area contributed by atoms with Crippen LogP contribution in [0.2, 0.25) is 0 Å². The maximum Gasteiger partial charge on any atom is 0.224 e. The highest BCUT2D eigenvalue weighted by atomic mass is 16.5. The fraction of sp³-hybridized carbons (Fsp3) is 0.586. The molecule has 0 aliphatic heterocycles. The molecule has 1 heterocycles. The number of phenols is 1. The van der Waals surface area contributed by atoms with Gasteiger partial charge in [-0.2, -0.15) is 0 Å². The molecule has 0 radical (unpaired) electrons. The molecule has 34 heavy (non-hydrogen) atoms.